The highest BCUT2D eigenvalue weighted by Gasteiger charge is 1.99. The molecule has 0 saturated carbocycles. The fourth-order valence-corrected chi connectivity index (χ4v) is 1.09. The average molecular weight is 209 g/mol. The van der Waals surface area contributed by atoms with Crippen LogP contribution in [-0.2, 0) is 20.9 Å². The Labute approximate surface area is 89.2 Å². The van der Waals surface area contributed by atoms with Crippen LogP contribution >= 0.6 is 0 Å². The van der Waals surface area contributed by atoms with Crippen molar-refractivity contribution in [2.24, 2.45) is 0 Å². The van der Waals surface area contributed by atoms with E-state index in [2.05, 4.69) is 9.72 Å². The number of carbonyl (C=O) groups excluding carboxylic acids is 1. The predicted octanol–water partition coefficient (Wildman–Crippen LogP) is 1.55. The normalized spacial score (nSPS) is 9.93. The third kappa shape index (κ3) is 5.12. The minimum atomic E-state index is -0.194. The molecule has 0 atom stereocenters. The standard InChI is InChI=1S/C11H15NO3/c1-14-11(13)5-3-7-15-9-10-4-2-6-12-8-10/h2,4,6,8H,3,5,7,9H2,1H3. The Bertz CT molecular complexity index is 287. The lowest BCUT2D eigenvalue weighted by Crippen LogP contribution is -2.03. The minimum absolute atomic E-state index is 0.194. The Balaban J connectivity index is 2.05. The van der Waals surface area contributed by atoms with Gasteiger partial charge >= 0.3 is 5.97 Å². The van der Waals surface area contributed by atoms with Gasteiger partial charge in [-0.25, -0.2) is 0 Å². The molecule has 0 bridgehead atoms. The van der Waals surface area contributed by atoms with E-state index in [-0.39, 0.29) is 5.97 Å². The number of hydrogen-bond donors (Lipinski definition) is 0. The van der Waals surface area contributed by atoms with Crippen LogP contribution in [0.25, 0.3) is 0 Å². The van der Waals surface area contributed by atoms with Crippen molar-refractivity contribution in [3.8, 4) is 0 Å². The van der Waals surface area contributed by atoms with Gasteiger partial charge in [0.25, 0.3) is 0 Å². The Morgan fingerprint density at radius 2 is 2.40 bits per heavy atom. The first kappa shape index (κ1) is 11.7. The van der Waals surface area contributed by atoms with Gasteiger partial charge in [-0.2, -0.15) is 0 Å². The fourth-order valence-electron chi connectivity index (χ4n) is 1.09. The minimum Gasteiger partial charge on any atom is -0.469 e. The van der Waals surface area contributed by atoms with Gasteiger partial charge in [0, 0.05) is 25.4 Å². The van der Waals surface area contributed by atoms with Crippen LogP contribution < -0.4 is 0 Å². The number of carbonyl (C=O) groups is 1. The van der Waals surface area contributed by atoms with Gasteiger partial charge in [0.15, 0.2) is 0 Å². The highest BCUT2D eigenvalue weighted by Crippen LogP contribution is 2.00. The maximum atomic E-state index is 10.8. The second-order valence-electron chi connectivity index (χ2n) is 3.09. The molecule has 0 aliphatic rings. The van der Waals surface area contributed by atoms with Crippen molar-refractivity contribution >= 4 is 5.97 Å². The van der Waals surface area contributed by atoms with E-state index in [0.717, 1.165) is 5.56 Å². The van der Waals surface area contributed by atoms with Gasteiger partial charge in [-0.15, -0.1) is 0 Å². The molecule has 1 aromatic heterocycles. The first-order valence-electron chi connectivity index (χ1n) is 4.86. The molecule has 0 amide bonds. The molecular formula is C11H15NO3. The Morgan fingerprint density at radius 3 is 3.07 bits per heavy atom. The van der Waals surface area contributed by atoms with Crippen molar-refractivity contribution in [2.45, 2.75) is 19.4 Å². The summed E-state index contributed by atoms with van der Waals surface area (Å²) in [5.74, 6) is -0.194. The molecule has 1 aromatic rings. The van der Waals surface area contributed by atoms with E-state index in [1.165, 1.54) is 7.11 Å². The zero-order valence-electron chi connectivity index (χ0n) is 8.81. The van der Waals surface area contributed by atoms with Crippen molar-refractivity contribution in [2.75, 3.05) is 13.7 Å². The van der Waals surface area contributed by atoms with E-state index >= 15 is 0 Å². The number of nitrogens with zero attached hydrogens (tertiary/aromatic N) is 1. The smallest absolute Gasteiger partial charge is 0.305 e. The van der Waals surface area contributed by atoms with Crippen LogP contribution in [0.2, 0.25) is 0 Å². The van der Waals surface area contributed by atoms with Gasteiger partial charge in [-0.1, -0.05) is 6.07 Å². The molecule has 0 aliphatic heterocycles. The van der Waals surface area contributed by atoms with Gasteiger partial charge in [0.05, 0.1) is 13.7 Å². The molecule has 0 fully saturated rings. The number of aromatic nitrogens is 1. The second-order valence-corrected chi connectivity index (χ2v) is 3.09. The van der Waals surface area contributed by atoms with Crippen LogP contribution in [0.15, 0.2) is 24.5 Å². The van der Waals surface area contributed by atoms with Gasteiger partial charge in [-0.05, 0) is 18.1 Å². The summed E-state index contributed by atoms with van der Waals surface area (Å²) in [5, 5.41) is 0. The summed E-state index contributed by atoms with van der Waals surface area (Å²) in [6.07, 6.45) is 4.58. The molecule has 1 rings (SSSR count). The van der Waals surface area contributed by atoms with Crippen molar-refractivity contribution in [1.29, 1.82) is 0 Å². The van der Waals surface area contributed by atoms with Gasteiger partial charge in [0.2, 0.25) is 0 Å². The maximum Gasteiger partial charge on any atom is 0.305 e. The zero-order valence-corrected chi connectivity index (χ0v) is 8.81. The molecule has 82 valence electrons. The number of pyridine rings is 1. The molecule has 15 heavy (non-hydrogen) atoms. The number of esters is 1. The third-order valence-corrected chi connectivity index (χ3v) is 1.89. The number of hydrogen-bond acceptors (Lipinski definition) is 4. The molecule has 1 heterocycles. The van der Waals surface area contributed by atoms with Crippen LogP contribution in [0.5, 0.6) is 0 Å². The molecule has 4 heteroatoms. The molecule has 0 unspecified atom stereocenters. The Morgan fingerprint density at radius 1 is 1.53 bits per heavy atom. The number of ether oxygens (including phenoxy) is 2. The van der Waals surface area contributed by atoms with E-state index in [0.29, 0.717) is 26.1 Å². The number of methoxy groups -OCH3 is 1. The molecule has 0 aromatic carbocycles. The SMILES string of the molecule is COC(=O)CCCOCc1cccnc1. The monoisotopic (exact) mass is 209 g/mol. The van der Waals surface area contributed by atoms with E-state index < -0.39 is 0 Å². The van der Waals surface area contributed by atoms with Crippen molar-refractivity contribution < 1.29 is 14.3 Å². The number of rotatable bonds is 6. The maximum absolute atomic E-state index is 10.8. The van der Waals surface area contributed by atoms with Crippen LogP contribution in [-0.4, -0.2) is 24.7 Å². The fraction of sp³-hybridized carbons (Fsp3) is 0.455. The topological polar surface area (TPSA) is 48.4 Å². The van der Waals surface area contributed by atoms with E-state index in [1.54, 1.807) is 12.4 Å². The van der Waals surface area contributed by atoms with E-state index in [4.69, 9.17) is 4.74 Å². The van der Waals surface area contributed by atoms with E-state index in [1.807, 2.05) is 12.1 Å². The molecule has 0 saturated heterocycles. The largest absolute Gasteiger partial charge is 0.469 e. The molecular weight excluding hydrogens is 194 g/mol. The van der Waals surface area contributed by atoms with Crippen LogP contribution in [0.1, 0.15) is 18.4 Å². The molecule has 0 spiro atoms. The summed E-state index contributed by atoms with van der Waals surface area (Å²) in [5.41, 5.74) is 1.04. The summed E-state index contributed by atoms with van der Waals surface area (Å²) in [6, 6.07) is 3.82. The first-order chi connectivity index (χ1) is 7.33. The average Bonchev–Trinajstić information content (AvgIpc) is 2.29. The molecule has 0 aliphatic carbocycles. The first-order valence-corrected chi connectivity index (χ1v) is 4.86. The van der Waals surface area contributed by atoms with Crippen molar-refractivity contribution in [3.05, 3.63) is 30.1 Å². The lowest BCUT2D eigenvalue weighted by Gasteiger charge is -2.03. The summed E-state index contributed by atoms with van der Waals surface area (Å²) >= 11 is 0. The molecule has 0 N–H and O–H groups in total. The van der Waals surface area contributed by atoms with Gasteiger partial charge in [-0.3, -0.25) is 9.78 Å². The quantitative estimate of drug-likeness (QED) is 0.527. The molecule has 4 nitrogen and oxygen atoms in total. The second kappa shape index (κ2) is 6.95. The Hall–Kier alpha value is -1.42. The highest BCUT2D eigenvalue weighted by atomic mass is 16.5. The van der Waals surface area contributed by atoms with Crippen LogP contribution in [0, 0.1) is 0 Å². The van der Waals surface area contributed by atoms with Crippen molar-refractivity contribution in [3.63, 3.8) is 0 Å². The highest BCUT2D eigenvalue weighted by molar-refractivity contribution is 5.68. The molecule has 0 radical (unpaired) electrons. The van der Waals surface area contributed by atoms with Gasteiger partial charge in [0.1, 0.15) is 0 Å². The summed E-state index contributed by atoms with van der Waals surface area (Å²) < 4.78 is 9.88. The van der Waals surface area contributed by atoms with Crippen LogP contribution in [0.3, 0.4) is 0 Å². The third-order valence-electron chi connectivity index (χ3n) is 1.89. The van der Waals surface area contributed by atoms with Crippen molar-refractivity contribution in [1.82, 2.24) is 4.98 Å². The summed E-state index contributed by atoms with van der Waals surface area (Å²) in [4.78, 5) is 14.7. The Kier molecular flexibility index (Phi) is 5.40. The summed E-state index contributed by atoms with van der Waals surface area (Å²) in [7, 11) is 1.39. The van der Waals surface area contributed by atoms with Crippen LogP contribution in [0.4, 0.5) is 0 Å². The predicted molar refractivity (Wildman–Crippen MR) is 55.1 cm³/mol. The van der Waals surface area contributed by atoms with Gasteiger partial charge < -0.3 is 9.47 Å². The lowest BCUT2D eigenvalue weighted by atomic mass is 10.3. The van der Waals surface area contributed by atoms with E-state index in [9.17, 15) is 4.79 Å². The zero-order chi connectivity index (χ0) is 10.9. The summed E-state index contributed by atoms with van der Waals surface area (Å²) in [6.45, 7) is 1.10. The lowest BCUT2D eigenvalue weighted by molar-refractivity contribution is -0.141.